The van der Waals surface area contributed by atoms with Gasteiger partial charge in [0.05, 0.1) is 16.8 Å². The van der Waals surface area contributed by atoms with Crippen molar-refractivity contribution < 1.29 is 14.4 Å². The largest absolute Gasteiger partial charge is 0.490 e. The van der Waals surface area contributed by atoms with Gasteiger partial charge in [-0.3, -0.25) is 0 Å². The maximum atomic E-state index is 10.0. The van der Waals surface area contributed by atoms with Crippen molar-refractivity contribution in [1.82, 2.24) is 0 Å². The molecule has 1 fully saturated rings. The quantitative estimate of drug-likeness (QED) is 0.779. The molecule has 0 aromatic heterocycles. The van der Waals surface area contributed by atoms with Crippen molar-refractivity contribution in [1.29, 1.82) is 0 Å². The summed E-state index contributed by atoms with van der Waals surface area (Å²) in [4.78, 5) is 0. The van der Waals surface area contributed by atoms with Gasteiger partial charge in [-0.15, -0.1) is 0 Å². The Morgan fingerprint density at radius 3 is 1.95 bits per heavy atom. The van der Waals surface area contributed by atoms with Crippen molar-refractivity contribution in [2.75, 3.05) is 0 Å². The zero-order valence-electron chi connectivity index (χ0n) is 12.9. The van der Waals surface area contributed by atoms with Crippen LogP contribution in [-0.4, -0.2) is 29.0 Å². The Bertz CT molecular complexity index is 411. The molecule has 19 heavy (non-hydrogen) atoms. The van der Waals surface area contributed by atoms with E-state index in [2.05, 4.69) is 27.7 Å². The fourth-order valence-electron chi connectivity index (χ4n) is 2.35. The summed E-state index contributed by atoms with van der Waals surface area (Å²) in [5.41, 5.74) is 0.898. The first-order valence-corrected chi connectivity index (χ1v) is 7.01. The molecule has 1 heterocycles. The van der Waals surface area contributed by atoms with Crippen LogP contribution in [0.3, 0.4) is 0 Å². The van der Waals surface area contributed by atoms with Crippen molar-refractivity contribution in [2.45, 2.75) is 71.2 Å². The first kappa shape index (κ1) is 14.8. The van der Waals surface area contributed by atoms with Crippen LogP contribution in [0.4, 0.5) is 0 Å². The van der Waals surface area contributed by atoms with E-state index in [-0.39, 0.29) is 18.3 Å². The molecule has 2 rings (SSSR count). The van der Waals surface area contributed by atoms with Crippen molar-refractivity contribution in [3.63, 3.8) is 0 Å². The monoisotopic (exact) mass is 264 g/mol. The second kappa shape index (κ2) is 4.47. The Kier molecular flexibility index (Phi) is 3.49. The molecule has 0 bridgehead atoms. The maximum absolute atomic E-state index is 10.0. The van der Waals surface area contributed by atoms with Crippen LogP contribution in [-0.2, 0) is 9.31 Å². The zero-order chi connectivity index (χ0) is 14.5. The zero-order valence-corrected chi connectivity index (χ0v) is 12.9. The highest BCUT2D eigenvalue weighted by Crippen LogP contribution is 2.40. The Labute approximate surface area is 116 Å². The minimum absolute atomic E-state index is 0.260. The topological polar surface area (TPSA) is 38.7 Å². The molecule has 1 N–H and O–H groups in total. The van der Waals surface area contributed by atoms with Crippen LogP contribution >= 0.6 is 0 Å². The third kappa shape index (κ3) is 2.81. The molecular formula is C15H25BO3. The molecule has 4 heteroatoms. The fraction of sp³-hybridized carbons (Fsp3) is 0.733. The lowest BCUT2D eigenvalue weighted by molar-refractivity contribution is 0.00578. The molecule has 1 aliphatic carbocycles. The van der Waals surface area contributed by atoms with Crippen molar-refractivity contribution in [3.05, 3.63) is 23.2 Å². The van der Waals surface area contributed by atoms with E-state index in [1.165, 1.54) is 0 Å². The summed E-state index contributed by atoms with van der Waals surface area (Å²) in [5.74, 6) is 0. The van der Waals surface area contributed by atoms with E-state index >= 15 is 0 Å². The van der Waals surface area contributed by atoms with Gasteiger partial charge in [0.25, 0.3) is 0 Å². The van der Waals surface area contributed by atoms with E-state index in [0.717, 1.165) is 23.9 Å². The second-order valence-electron chi connectivity index (χ2n) is 7.08. The fourth-order valence-corrected chi connectivity index (χ4v) is 2.35. The average molecular weight is 264 g/mol. The predicted octanol–water partition coefficient (Wildman–Crippen LogP) is 3.04. The molecule has 0 saturated carbocycles. The molecule has 0 amide bonds. The van der Waals surface area contributed by atoms with E-state index in [4.69, 9.17) is 9.31 Å². The maximum Gasteiger partial charge on any atom is 0.490 e. The first-order valence-electron chi connectivity index (χ1n) is 7.01. The molecule has 0 aromatic rings. The van der Waals surface area contributed by atoms with Gasteiger partial charge in [0.2, 0.25) is 0 Å². The Morgan fingerprint density at radius 1 is 1.05 bits per heavy atom. The molecule has 0 radical (unpaired) electrons. The summed E-state index contributed by atoms with van der Waals surface area (Å²) in [6.07, 6.45) is 5.79. The second-order valence-corrected chi connectivity index (χ2v) is 7.08. The van der Waals surface area contributed by atoms with Gasteiger partial charge >= 0.3 is 7.12 Å². The van der Waals surface area contributed by atoms with Gasteiger partial charge in [0, 0.05) is 0 Å². The summed E-state index contributed by atoms with van der Waals surface area (Å²) in [6, 6.07) is 0. The Morgan fingerprint density at radius 2 is 1.58 bits per heavy atom. The number of hydrogen-bond donors (Lipinski definition) is 1. The van der Waals surface area contributed by atoms with Crippen molar-refractivity contribution >= 4 is 7.12 Å². The SMILES string of the molecule is CC(C)(O)C1=CC=C(B2OC(C)(C)C(C)(C)O2)CC1. The van der Waals surface area contributed by atoms with Gasteiger partial charge < -0.3 is 14.4 Å². The Hall–Kier alpha value is -0.575. The van der Waals surface area contributed by atoms with Crippen LogP contribution in [0.2, 0.25) is 0 Å². The number of hydrogen-bond acceptors (Lipinski definition) is 3. The van der Waals surface area contributed by atoms with Crippen LogP contribution in [0.5, 0.6) is 0 Å². The van der Waals surface area contributed by atoms with Crippen LogP contribution in [0.15, 0.2) is 23.2 Å². The third-order valence-corrected chi connectivity index (χ3v) is 4.52. The van der Waals surface area contributed by atoms with Gasteiger partial charge in [-0.25, -0.2) is 0 Å². The number of aliphatic hydroxyl groups is 1. The lowest BCUT2D eigenvalue weighted by Crippen LogP contribution is -2.41. The van der Waals surface area contributed by atoms with Crippen LogP contribution < -0.4 is 0 Å². The van der Waals surface area contributed by atoms with E-state index in [1.54, 1.807) is 0 Å². The van der Waals surface area contributed by atoms with E-state index < -0.39 is 5.60 Å². The standard InChI is InChI=1S/C15H25BO3/c1-13(2,17)11-7-9-12(10-8-11)16-18-14(3,4)15(5,6)19-16/h7,9,17H,8,10H2,1-6H3. The van der Waals surface area contributed by atoms with Crippen LogP contribution in [0, 0.1) is 0 Å². The predicted molar refractivity (Wildman–Crippen MR) is 77.8 cm³/mol. The molecule has 0 aromatic carbocycles. The molecular weight excluding hydrogens is 239 g/mol. The normalized spacial score (nSPS) is 26.2. The molecule has 0 unspecified atom stereocenters. The van der Waals surface area contributed by atoms with Gasteiger partial charge in [-0.2, -0.15) is 0 Å². The van der Waals surface area contributed by atoms with Gasteiger partial charge in [-0.1, -0.05) is 12.2 Å². The lowest BCUT2D eigenvalue weighted by atomic mass is 9.71. The number of rotatable bonds is 2. The molecule has 1 aliphatic heterocycles. The molecule has 0 atom stereocenters. The summed E-state index contributed by atoms with van der Waals surface area (Å²) in [7, 11) is -0.260. The highest BCUT2D eigenvalue weighted by atomic mass is 16.7. The summed E-state index contributed by atoms with van der Waals surface area (Å²) < 4.78 is 12.1. The first-order chi connectivity index (χ1) is 8.53. The minimum atomic E-state index is -0.738. The van der Waals surface area contributed by atoms with Crippen LogP contribution in [0.25, 0.3) is 0 Å². The minimum Gasteiger partial charge on any atom is -0.400 e. The van der Waals surface area contributed by atoms with E-state index in [0.29, 0.717) is 0 Å². The smallest absolute Gasteiger partial charge is 0.400 e. The summed E-state index contributed by atoms with van der Waals surface area (Å²) in [5, 5.41) is 10.0. The van der Waals surface area contributed by atoms with Crippen molar-refractivity contribution in [2.24, 2.45) is 0 Å². The highest BCUT2D eigenvalue weighted by molar-refractivity contribution is 6.54. The van der Waals surface area contributed by atoms with Gasteiger partial charge in [0.1, 0.15) is 0 Å². The van der Waals surface area contributed by atoms with Gasteiger partial charge in [-0.05, 0) is 65.4 Å². The molecule has 106 valence electrons. The van der Waals surface area contributed by atoms with Crippen LogP contribution in [0.1, 0.15) is 54.4 Å². The molecule has 1 saturated heterocycles. The Balaban J connectivity index is 2.15. The number of allylic oxidation sites excluding steroid dienone is 3. The summed E-state index contributed by atoms with van der Waals surface area (Å²) >= 11 is 0. The average Bonchev–Trinajstić information content (AvgIpc) is 2.47. The molecule has 0 spiro atoms. The van der Waals surface area contributed by atoms with E-state index in [9.17, 15) is 5.11 Å². The van der Waals surface area contributed by atoms with E-state index in [1.807, 2.05) is 26.0 Å². The lowest BCUT2D eigenvalue weighted by Gasteiger charge is -2.32. The third-order valence-electron chi connectivity index (χ3n) is 4.52. The van der Waals surface area contributed by atoms with Gasteiger partial charge in [0.15, 0.2) is 0 Å². The molecule has 3 nitrogen and oxygen atoms in total. The highest BCUT2D eigenvalue weighted by Gasteiger charge is 2.52. The van der Waals surface area contributed by atoms with Crippen molar-refractivity contribution in [3.8, 4) is 0 Å². The molecule has 2 aliphatic rings. The summed E-state index contributed by atoms with van der Waals surface area (Å²) in [6.45, 7) is 11.9.